The van der Waals surface area contributed by atoms with Crippen molar-refractivity contribution in [2.75, 3.05) is 4.90 Å². The standard InChI is InChI=1S/C31H27N3O5/c1-18-11-12-21-7-3-4-8-23(21)25(18)17-34-26-10-6-5-9-24(26)27(32-29(30(34)37)33-31(38)39)28(36)22-15-13-20(14-16-22)19(2)35/h3-16,27,29,32-33H,17H2,1-2H3,(H,38,39). The number of carboxylic acid groups (broad SMARTS) is 1. The van der Waals surface area contributed by atoms with Crippen LogP contribution in [0.1, 0.15) is 50.4 Å². The van der Waals surface area contributed by atoms with Crippen molar-refractivity contribution in [3.05, 3.63) is 113 Å². The molecule has 0 spiro atoms. The topological polar surface area (TPSA) is 116 Å². The van der Waals surface area contributed by atoms with Crippen molar-refractivity contribution in [1.82, 2.24) is 10.6 Å². The SMILES string of the molecule is CC(=O)c1ccc(C(=O)C2NC(NC(=O)O)C(=O)N(Cc3c(C)ccc4ccccc34)c3ccccc32)cc1. The summed E-state index contributed by atoms with van der Waals surface area (Å²) in [7, 11) is 0. The number of anilines is 1. The molecule has 0 saturated heterocycles. The number of Topliss-reactive ketones (excluding diaryl/α,β-unsaturated/α-hetero) is 2. The van der Waals surface area contributed by atoms with Gasteiger partial charge >= 0.3 is 6.09 Å². The molecule has 5 rings (SSSR count). The lowest BCUT2D eigenvalue weighted by atomic mass is 9.94. The number of fused-ring (bicyclic) bond motifs is 2. The maximum Gasteiger partial charge on any atom is 0.406 e. The third kappa shape index (κ3) is 5.02. The number of benzene rings is 4. The first-order valence-electron chi connectivity index (χ1n) is 12.5. The fourth-order valence-electron chi connectivity index (χ4n) is 5.04. The Balaban J connectivity index is 1.62. The first kappa shape index (κ1) is 25.8. The number of carbonyl (C=O) groups excluding carboxylic acids is 3. The van der Waals surface area contributed by atoms with E-state index in [4.69, 9.17) is 0 Å². The molecule has 4 aromatic rings. The molecule has 1 aliphatic heterocycles. The summed E-state index contributed by atoms with van der Waals surface area (Å²) in [5.74, 6) is -1.01. The summed E-state index contributed by atoms with van der Waals surface area (Å²) in [5.41, 5.74) is 3.76. The number of hydrogen-bond donors (Lipinski definition) is 3. The summed E-state index contributed by atoms with van der Waals surface area (Å²) in [6.45, 7) is 3.59. The van der Waals surface area contributed by atoms with E-state index in [0.717, 1.165) is 21.9 Å². The van der Waals surface area contributed by atoms with Crippen molar-refractivity contribution in [3.63, 3.8) is 0 Å². The molecule has 1 aliphatic rings. The molecule has 39 heavy (non-hydrogen) atoms. The molecule has 2 atom stereocenters. The molecule has 2 amide bonds. The first-order valence-corrected chi connectivity index (χ1v) is 12.5. The average molecular weight is 522 g/mol. The fourth-order valence-corrected chi connectivity index (χ4v) is 5.04. The highest BCUT2D eigenvalue weighted by molar-refractivity contribution is 6.07. The van der Waals surface area contributed by atoms with E-state index in [1.54, 1.807) is 48.5 Å². The minimum Gasteiger partial charge on any atom is -0.465 e. The normalized spacial score (nSPS) is 16.9. The van der Waals surface area contributed by atoms with Crippen LogP contribution < -0.4 is 15.5 Å². The zero-order valence-electron chi connectivity index (χ0n) is 21.5. The average Bonchev–Trinajstić information content (AvgIpc) is 3.04. The first-order chi connectivity index (χ1) is 18.7. The van der Waals surface area contributed by atoms with Crippen LogP contribution in [0.4, 0.5) is 10.5 Å². The molecule has 196 valence electrons. The van der Waals surface area contributed by atoms with Gasteiger partial charge in [-0.2, -0.15) is 0 Å². The Kier molecular flexibility index (Phi) is 6.96. The van der Waals surface area contributed by atoms with E-state index in [9.17, 15) is 24.3 Å². The monoisotopic (exact) mass is 521 g/mol. The molecule has 0 fully saturated rings. The van der Waals surface area contributed by atoms with Crippen LogP contribution in [0.25, 0.3) is 10.8 Å². The predicted molar refractivity (Wildman–Crippen MR) is 148 cm³/mol. The zero-order chi connectivity index (χ0) is 27.7. The van der Waals surface area contributed by atoms with Gasteiger partial charge in [0, 0.05) is 22.4 Å². The third-order valence-corrected chi connectivity index (χ3v) is 7.08. The lowest BCUT2D eigenvalue weighted by Crippen LogP contribution is -2.55. The van der Waals surface area contributed by atoms with Crippen molar-refractivity contribution < 1.29 is 24.3 Å². The predicted octanol–water partition coefficient (Wildman–Crippen LogP) is 5.00. The lowest BCUT2D eigenvalue weighted by molar-refractivity contribution is -0.121. The molecule has 0 aromatic heterocycles. The van der Waals surface area contributed by atoms with Gasteiger partial charge in [0.15, 0.2) is 17.7 Å². The van der Waals surface area contributed by atoms with Crippen molar-refractivity contribution in [2.45, 2.75) is 32.6 Å². The minimum absolute atomic E-state index is 0.123. The number of aryl methyl sites for hydroxylation is 1. The summed E-state index contributed by atoms with van der Waals surface area (Å²) in [6.07, 6.45) is -2.78. The van der Waals surface area contributed by atoms with Crippen molar-refractivity contribution in [3.8, 4) is 0 Å². The Bertz CT molecular complexity index is 1610. The molecular formula is C31H27N3O5. The van der Waals surface area contributed by atoms with Crippen LogP contribution in [0.2, 0.25) is 0 Å². The number of ketones is 2. The summed E-state index contributed by atoms with van der Waals surface area (Å²) in [6, 6.07) is 24.2. The van der Waals surface area contributed by atoms with E-state index in [-0.39, 0.29) is 18.1 Å². The Morgan fingerprint density at radius 2 is 1.56 bits per heavy atom. The highest BCUT2D eigenvalue weighted by atomic mass is 16.4. The van der Waals surface area contributed by atoms with Crippen LogP contribution in [-0.4, -0.2) is 34.8 Å². The third-order valence-electron chi connectivity index (χ3n) is 7.08. The van der Waals surface area contributed by atoms with Gasteiger partial charge in [-0.15, -0.1) is 0 Å². The summed E-state index contributed by atoms with van der Waals surface area (Å²) in [5, 5.41) is 16.8. The number of rotatable bonds is 6. The van der Waals surface area contributed by atoms with E-state index < -0.39 is 24.2 Å². The van der Waals surface area contributed by atoms with Gasteiger partial charge in [0.05, 0.1) is 6.54 Å². The van der Waals surface area contributed by atoms with Gasteiger partial charge in [0.1, 0.15) is 6.04 Å². The van der Waals surface area contributed by atoms with E-state index in [1.807, 2.05) is 43.3 Å². The highest BCUT2D eigenvalue weighted by Crippen LogP contribution is 2.35. The number of nitrogens with zero attached hydrogens (tertiary/aromatic N) is 1. The summed E-state index contributed by atoms with van der Waals surface area (Å²) in [4.78, 5) is 52.6. The Hall–Kier alpha value is -4.82. The van der Waals surface area contributed by atoms with Crippen LogP contribution in [0.3, 0.4) is 0 Å². The van der Waals surface area contributed by atoms with Crippen LogP contribution >= 0.6 is 0 Å². The molecule has 0 bridgehead atoms. The Labute approximate surface area is 225 Å². The number of nitrogens with one attached hydrogen (secondary N) is 2. The largest absolute Gasteiger partial charge is 0.465 e. The number of hydrogen-bond acceptors (Lipinski definition) is 5. The van der Waals surface area contributed by atoms with E-state index in [0.29, 0.717) is 22.4 Å². The zero-order valence-corrected chi connectivity index (χ0v) is 21.5. The highest BCUT2D eigenvalue weighted by Gasteiger charge is 2.38. The molecule has 0 aliphatic carbocycles. The number of amides is 2. The van der Waals surface area contributed by atoms with Gasteiger partial charge in [0.2, 0.25) is 0 Å². The van der Waals surface area contributed by atoms with Crippen molar-refractivity contribution in [1.29, 1.82) is 0 Å². The smallest absolute Gasteiger partial charge is 0.406 e. The maximum atomic E-state index is 13.9. The minimum atomic E-state index is -1.40. The molecule has 0 saturated carbocycles. The van der Waals surface area contributed by atoms with Crippen LogP contribution in [-0.2, 0) is 11.3 Å². The molecular weight excluding hydrogens is 494 g/mol. The van der Waals surface area contributed by atoms with Crippen molar-refractivity contribution >= 4 is 40.0 Å². The molecule has 8 heteroatoms. The van der Waals surface area contributed by atoms with Crippen LogP contribution in [0, 0.1) is 6.92 Å². The maximum absolute atomic E-state index is 13.9. The number of para-hydroxylation sites is 1. The van der Waals surface area contributed by atoms with Crippen LogP contribution in [0.5, 0.6) is 0 Å². The lowest BCUT2D eigenvalue weighted by Gasteiger charge is -2.27. The van der Waals surface area contributed by atoms with E-state index in [2.05, 4.69) is 10.6 Å². The molecule has 3 N–H and O–H groups in total. The van der Waals surface area contributed by atoms with Crippen molar-refractivity contribution in [2.24, 2.45) is 0 Å². The number of carbonyl (C=O) groups is 4. The van der Waals surface area contributed by atoms with E-state index in [1.165, 1.54) is 11.8 Å². The molecule has 0 radical (unpaired) electrons. The summed E-state index contributed by atoms with van der Waals surface area (Å²) < 4.78 is 0. The quantitative estimate of drug-likeness (QED) is 0.308. The van der Waals surface area contributed by atoms with Gasteiger partial charge in [0.25, 0.3) is 5.91 Å². The van der Waals surface area contributed by atoms with Gasteiger partial charge < -0.3 is 10.0 Å². The van der Waals surface area contributed by atoms with E-state index >= 15 is 0 Å². The van der Waals surface area contributed by atoms with Gasteiger partial charge in [-0.1, -0.05) is 78.9 Å². The Morgan fingerprint density at radius 3 is 2.28 bits per heavy atom. The molecule has 2 unspecified atom stereocenters. The molecule has 1 heterocycles. The second kappa shape index (κ2) is 10.5. The molecule has 4 aromatic carbocycles. The second-order valence-electron chi connectivity index (χ2n) is 9.55. The Morgan fingerprint density at radius 1 is 0.897 bits per heavy atom. The summed E-state index contributed by atoms with van der Waals surface area (Å²) >= 11 is 0. The van der Waals surface area contributed by atoms with Crippen LogP contribution in [0.15, 0.2) is 84.9 Å². The fraction of sp³-hybridized carbons (Fsp3) is 0.161. The van der Waals surface area contributed by atoms with Gasteiger partial charge in [-0.25, -0.2) is 4.79 Å². The van der Waals surface area contributed by atoms with Gasteiger partial charge in [-0.3, -0.25) is 25.0 Å². The molecule has 8 nitrogen and oxygen atoms in total. The second-order valence-corrected chi connectivity index (χ2v) is 9.55. The van der Waals surface area contributed by atoms with Gasteiger partial charge in [-0.05, 0) is 41.8 Å².